The van der Waals surface area contributed by atoms with Gasteiger partial charge in [0.25, 0.3) is 0 Å². The number of carbonyl (C=O) groups is 3. The van der Waals surface area contributed by atoms with E-state index >= 15 is 0 Å². The van der Waals surface area contributed by atoms with E-state index in [1.165, 1.54) is 24.3 Å². The first-order valence-electron chi connectivity index (χ1n) is 6.61. The lowest BCUT2D eigenvalue weighted by molar-refractivity contribution is -0.144. The second-order valence-electron chi connectivity index (χ2n) is 5.08. The van der Waals surface area contributed by atoms with Gasteiger partial charge in [0.1, 0.15) is 0 Å². The molecule has 0 spiro atoms. The van der Waals surface area contributed by atoms with Gasteiger partial charge < -0.3 is 10.2 Å². The molecule has 0 unspecified atom stereocenters. The van der Waals surface area contributed by atoms with Gasteiger partial charge in [-0.3, -0.25) is 9.59 Å². The minimum Gasteiger partial charge on any atom is -0.481 e. The van der Waals surface area contributed by atoms with E-state index in [1.807, 2.05) is 0 Å². The maximum atomic E-state index is 12.4. The average Bonchev–Trinajstić information content (AvgIpc) is 2.46. The molecule has 0 radical (unpaired) electrons. The molecule has 0 amide bonds. The lowest BCUT2D eigenvalue weighted by atomic mass is 9.75. The lowest BCUT2D eigenvalue weighted by Crippen LogP contribution is -2.32. The van der Waals surface area contributed by atoms with Crippen LogP contribution in [0.1, 0.15) is 46.4 Å². The smallest absolute Gasteiger partial charge is 0.335 e. The van der Waals surface area contributed by atoms with Crippen LogP contribution in [0.25, 0.3) is 0 Å². The first kappa shape index (κ1) is 14.2. The van der Waals surface area contributed by atoms with Gasteiger partial charge in [0.2, 0.25) is 0 Å². The molecule has 1 aliphatic rings. The standard InChI is InChI=1S/C15H16O5/c16-13(9-5-7-10(8-6-9)14(17)18)11-3-1-2-4-12(11)15(19)20/h5-8,11-12H,1-4H2,(H,17,18)(H,19,20)/t11-,12-/m0/s1. The van der Waals surface area contributed by atoms with Gasteiger partial charge in [0.05, 0.1) is 11.5 Å². The van der Waals surface area contributed by atoms with Crippen LogP contribution >= 0.6 is 0 Å². The molecule has 2 N–H and O–H groups in total. The highest BCUT2D eigenvalue weighted by Gasteiger charge is 2.35. The molecular formula is C15H16O5. The normalized spacial score (nSPS) is 22.2. The highest BCUT2D eigenvalue weighted by molar-refractivity contribution is 6.00. The van der Waals surface area contributed by atoms with Gasteiger partial charge >= 0.3 is 11.9 Å². The van der Waals surface area contributed by atoms with Crippen molar-refractivity contribution < 1.29 is 24.6 Å². The molecule has 0 aromatic heterocycles. The van der Waals surface area contributed by atoms with Crippen LogP contribution in [0, 0.1) is 11.8 Å². The van der Waals surface area contributed by atoms with Crippen molar-refractivity contribution in [2.75, 3.05) is 0 Å². The zero-order valence-corrected chi connectivity index (χ0v) is 10.9. The van der Waals surface area contributed by atoms with Gasteiger partial charge in [-0.15, -0.1) is 0 Å². The molecule has 0 bridgehead atoms. The molecule has 1 aromatic rings. The van der Waals surface area contributed by atoms with Gasteiger partial charge in [-0.05, 0) is 25.0 Å². The Labute approximate surface area is 116 Å². The number of carboxylic acids is 2. The number of benzene rings is 1. The summed E-state index contributed by atoms with van der Waals surface area (Å²) in [4.78, 5) is 34.4. The second-order valence-corrected chi connectivity index (χ2v) is 5.08. The molecule has 5 nitrogen and oxygen atoms in total. The zero-order chi connectivity index (χ0) is 14.7. The molecule has 0 heterocycles. The van der Waals surface area contributed by atoms with E-state index in [4.69, 9.17) is 5.11 Å². The van der Waals surface area contributed by atoms with E-state index in [0.717, 1.165) is 12.8 Å². The van der Waals surface area contributed by atoms with Gasteiger partial charge in [-0.25, -0.2) is 4.79 Å². The summed E-state index contributed by atoms with van der Waals surface area (Å²) >= 11 is 0. The summed E-state index contributed by atoms with van der Waals surface area (Å²) in [5, 5.41) is 18.0. The molecule has 2 rings (SSSR count). The number of ketones is 1. The number of carbonyl (C=O) groups excluding carboxylic acids is 1. The summed E-state index contributed by atoms with van der Waals surface area (Å²) in [6.45, 7) is 0. The number of carboxylic acid groups (broad SMARTS) is 2. The van der Waals surface area contributed by atoms with Crippen LogP contribution in [0.2, 0.25) is 0 Å². The maximum Gasteiger partial charge on any atom is 0.335 e. The van der Waals surface area contributed by atoms with Crippen LogP contribution in [0.4, 0.5) is 0 Å². The Morgan fingerprint density at radius 1 is 0.850 bits per heavy atom. The van der Waals surface area contributed by atoms with Crippen LogP contribution < -0.4 is 0 Å². The van der Waals surface area contributed by atoms with Crippen LogP contribution in [-0.4, -0.2) is 27.9 Å². The van der Waals surface area contributed by atoms with Gasteiger partial charge in [0, 0.05) is 11.5 Å². The quantitative estimate of drug-likeness (QED) is 0.824. The Bertz CT molecular complexity index is 532. The summed E-state index contributed by atoms with van der Waals surface area (Å²) in [7, 11) is 0. The maximum absolute atomic E-state index is 12.4. The third-order valence-corrected chi connectivity index (χ3v) is 3.84. The van der Waals surface area contributed by atoms with Crippen molar-refractivity contribution in [1.82, 2.24) is 0 Å². The SMILES string of the molecule is O=C(O)c1ccc(C(=O)[C@H]2CCCC[C@@H]2C(=O)O)cc1. The van der Waals surface area contributed by atoms with Gasteiger partial charge in [-0.1, -0.05) is 25.0 Å². The third-order valence-electron chi connectivity index (χ3n) is 3.84. The molecule has 106 valence electrons. The second kappa shape index (κ2) is 5.86. The zero-order valence-electron chi connectivity index (χ0n) is 10.9. The Hall–Kier alpha value is -2.17. The highest BCUT2D eigenvalue weighted by atomic mass is 16.4. The van der Waals surface area contributed by atoms with Gasteiger partial charge in [0.15, 0.2) is 5.78 Å². The Morgan fingerprint density at radius 3 is 1.85 bits per heavy atom. The van der Waals surface area contributed by atoms with E-state index < -0.39 is 23.8 Å². The fraction of sp³-hybridized carbons (Fsp3) is 0.400. The molecule has 1 fully saturated rings. The Balaban J connectivity index is 2.20. The fourth-order valence-corrected chi connectivity index (χ4v) is 2.73. The fourth-order valence-electron chi connectivity index (χ4n) is 2.73. The number of rotatable bonds is 4. The van der Waals surface area contributed by atoms with Crippen molar-refractivity contribution in [2.24, 2.45) is 11.8 Å². The summed E-state index contributed by atoms with van der Waals surface area (Å²) in [5.74, 6) is -3.31. The molecule has 1 aliphatic carbocycles. The third kappa shape index (κ3) is 2.87. The molecular weight excluding hydrogens is 260 g/mol. The number of Topliss-reactive ketones (excluding diaryl/α,β-unsaturated/α-hetero) is 1. The molecule has 5 heteroatoms. The van der Waals surface area contributed by atoms with Crippen LogP contribution in [-0.2, 0) is 4.79 Å². The first-order valence-corrected chi connectivity index (χ1v) is 6.61. The van der Waals surface area contributed by atoms with Crippen molar-refractivity contribution >= 4 is 17.7 Å². The van der Waals surface area contributed by atoms with Crippen molar-refractivity contribution in [3.63, 3.8) is 0 Å². The van der Waals surface area contributed by atoms with E-state index in [0.29, 0.717) is 18.4 Å². The van der Waals surface area contributed by atoms with Crippen molar-refractivity contribution in [3.05, 3.63) is 35.4 Å². The van der Waals surface area contributed by atoms with E-state index in [-0.39, 0.29) is 11.3 Å². The summed E-state index contributed by atoms with van der Waals surface area (Å²) in [6, 6.07) is 5.65. The molecule has 1 aromatic carbocycles. The average molecular weight is 276 g/mol. The Kier molecular flexibility index (Phi) is 4.17. The van der Waals surface area contributed by atoms with Crippen molar-refractivity contribution in [2.45, 2.75) is 25.7 Å². The van der Waals surface area contributed by atoms with Crippen LogP contribution in [0.15, 0.2) is 24.3 Å². The molecule has 20 heavy (non-hydrogen) atoms. The van der Waals surface area contributed by atoms with Crippen LogP contribution in [0.3, 0.4) is 0 Å². The van der Waals surface area contributed by atoms with E-state index in [9.17, 15) is 19.5 Å². The predicted molar refractivity (Wildman–Crippen MR) is 70.8 cm³/mol. The molecule has 2 atom stereocenters. The number of aliphatic carboxylic acids is 1. The summed E-state index contributed by atoms with van der Waals surface area (Å²) in [5.41, 5.74) is 0.494. The largest absolute Gasteiger partial charge is 0.481 e. The summed E-state index contributed by atoms with van der Waals surface area (Å²) < 4.78 is 0. The minimum atomic E-state index is -1.05. The lowest BCUT2D eigenvalue weighted by Gasteiger charge is -2.27. The monoisotopic (exact) mass is 276 g/mol. The van der Waals surface area contributed by atoms with Crippen molar-refractivity contribution in [3.8, 4) is 0 Å². The minimum absolute atomic E-state index is 0.111. The topological polar surface area (TPSA) is 91.7 Å². The summed E-state index contributed by atoms with van der Waals surface area (Å²) in [6.07, 6.45) is 2.79. The number of aromatic carboxylic acids is 1. The highest BCUT2D eigenvalue weighted by Crippen LogP contribution is 2.32. The van der Waals surface area contributed by atoms with Gasteiger partial charge in [-0.2, -0.15) is 0 Å². The molecule has 0 saturated heterocycles. The predicted octanol–water partition coefficient (Wildman–Crippen LogP) is 2.46. The number of hydrogen-bond donors (Lipinski definition) is 2. The Morgan fingerprint density at radius 2 is 1.35 bits per heavy atom. The first-order chi connectivity index (χ1) is 9.50. The van der Waals surface area contributed by atoms with E-state index in [2.05, 4.69) is 0 Å². The van der Waals surface area contributed by atoms with Crippen molar-refractivity contribution in [1.29, 1.82) is 0 Å². The molecule has 1 saturated carbocycles. The molecule has 0 aliphatic heterocycles. The number of hydrogen-bond acceptors (Lipinski definition) is 3. The van der Waals surface area contributed by atoms with Crippen LogP contribution in [0.5, 0.6) is 0 Å². The van der Waals surface area contributed by atoms with E-state index in [1.54, 1.807) is 0 Å².